The number of rotatable bonds is 3. The second-order valence-electron chi connectivity index (χ2n) is 1.93. The van der Waals surface area contributed by atoms with Crippen LogP contribution in [0, 0.1) is 0 Å². The summed E-state index contributed by atoms with van der Waals surface area (Å²) in [5.41, 5.74) is 5.02. The Hall–Kier alpha value is -1.32. The van der Waals surface area contributed by atoms with E-state index in [-0.39, 0.29) is 18.1 Å². The molecule has 0 aliphatic carbocycles. The Morgan fingerprint density at radius 3 is 2.45 bits per heavy atom. The standard InChI is InChI=1S/C7H11NO3/c1-3-11-7(10)6(8)4-5(2)9/h4H,3,8H2,1-2H3. The van der Waals surface area contributed by atoms with Crippen molar-refractivity contribution < 1.29 is 14.3 Å². The first-order valence-corrected chi connectivity index (χ1v) is 3.22. The van der Waals surface area contributed by atoms with Crippen molar-refractivity contribution >= 4 is 11.8 Å². The van der Waals surface area contributed by atoms with E-state index in [1.165, 1.54) is 6.92 Å². The molecule has 0 aliphatic rings. The monoisotopic (exact) mass is 157 g/mol. The van der Waals surface area contributed by atoms with Gasteiger partial charge in [0.2, 0.25) is 0 Å². The summed E-state index contributed by atoms with van der Waals surface area (Å²) in [5, 5.41) is 0. The van der Waals surface area contributed by atoms with Crippen molar-refractivity contribution in [3.8, 4) is 0 Å². The number of allylic oxidation sites excluding steroid dienone is 1. The minimum absolute atomic E-state index is 0.153. The quantitative estimate of drug-likeness (QED) is 0.461. The maximum absolute atomic E-state index is 10.7. The van der Waals surface area contributed by atoms with Crippen LogP contribution in [0.15, 0.2) is 11.8 Å². The third kappa shape index (κ3) is 4.13. The number of carbonyl (C=O) groups excluding carboxylic acids is 2. The van der Waals surface area contributed by atoms with Gasteiger partial charge in [-0.25, -0.2) is 4.79 Å². The zero-order valence-corrected chi connectivity index (χ0v) is 6.59. The van der Waals surface area contributed by atoms with Gasteiger partial charge in [-0.05, 0) is 13.8 Å². The molecule has 0 aromatic rings. The van der Waals surface area contributed by atoms with Gasteiger partial charge in [-0.2, -0.15) is 0 Å². The molecule has 0 aliphatic heterocycles. The summed E-state index contributed by atoms with van der Waals surface area (Å²) in [6, 6.07) is 0. The van der Waals surface area contributed by atoms with Crippen molar-refractivity contribution in [1.82, 2.24) is 0 Å². The molecule has 0 aromatic carbocycles. The normalized spacial score (nSPS) is 10.9. The van der Waals surface area contributed by atoms with E-state index in [1.807, 2.05) is 0 Å². The van der Waals surface area contributed by atoms with Crippen LogP contribution >= 0.6 is 0 Å². The van der Waals surface area contributed by atoms with Gasteiger partial charge in [0.05, 0.1) is 6.61 Å². The lowest BCUT2D eigenvalue weighted by Crippen LogP contribution is -2.15. The van der Waals surface area contributed by atoms with Crippen LogP contribution in [0.4, 0.5) is 0 Å². The zero-order chi connectivity index (χ0) is 8.85. The van der Waals surface area contributed by atoms with E-state index in [0.717, 1.165) is 6.08 Å². The molecule has 62 valence electrons. The van der Waals surface area contributed by atoms with Gasteiger partial charge in [0.1, 0.15) is 5.70 Å². The summed E-state index contributed by atoms with van der Waals surface area (Å²) < 4.78 is 4.52. The van der Waals surface area contributed by atoms with Crippen LogP contribution in [0.1, 0.15) is 13.8 Å². The first kappa shape index (κ1) is 9.68. The van der Waals surface area contributed by atoms with Gasteiger partial charge in [0.25, 0.3) is 0 Å². The second-order valence-corrected chi connectivity index (χ2v) is 1.93. The van der Waals surface area contributed by atoms with Crippen molar-refractivity contribution in [2.24, 2.45) is 5.73 Å². The summed E-state index contributed by atoms with van der Waals surface area (Å²) in [4.78, 5) is 21.1. The lowest BCUT2D eigenvalue weighted by atomic mass is 10.3. The average Bonchev–Trinajstić information content (AvgIpc) is 1.86. The maximum Gasteiger partial charge on any atom is 0.354 e. The molecule has 0 saturated heterocycles. The van der Waals surface area contributed by atoms with Crippen molar-refractivity contribution in [1.29, 1.82) is 0 Å². The molecule has 0 aromatic heterocycles. The molecule has 11 heavy (non-hydrogen) atoms. The molecule has 4 heteroatoms. The molecule has 0 radical (unpaired) electrons. The number of nitrogens with two attached hydrogens (primary N) is 1. The van der Waals surface area contributed by atoms with Gasteiger partial charge in [-0.3, -0.25) is 4.79 Å². The number of esters is 1. The molecule has 0 saturated carbocycles. The van der Waals surface area contributed by atoms with Crippen molar-refractivity contribution in [2.75, 3.05) is 6.61 Å². The summed E-state index contributed by atoms with van der Waals surface area (Å²) in [5.74, 6) is -0.918. The molecule has 0 fully saturated rings. The van der Waals surface area contributed by atoms with E-state index in [2.05, 4.69) is 4.74 Å². The molecule has 0 unspecified atom stereocenters. The number of hydrogen-bond acceptors (Lipinski definition) is 4. The zero-order valence-electron chi connectivity index (χ0n) is 6.59. The molecular weight excluding hydrogens is 146 g/mol. The highest BCUT2D eigenvalue weighted by Gasteiger charge is 2.05. The summed E-state index contributed by atoms with van der Waals surface area (Å²) in [6.45, 7) is 3.23. The highest BCUT2D eigenvalue weighted by Crippen LogP contribution is 1.89. The Bertz CT molecular complexity index is 196. The highest BCUT2D eigenvalue weighted by molar-refractivity contribution is 5.97. The smallest absolute Gasteiger partial charge is 0.354 e. The fourth-order valence-electron chi connectivity index (χ4n) is 0.492. The lowest BCUT2D eigenvalue weighted by molar-refractivity contribution is -0.138. The number of ether oxygens (including phenoxy) is 1. The predicted octanol–water partition coefficient (Wildman–Crippen LogP) is -0.0189. The average molecular weight is 157 g/mol. The van der Waals surface area contributed by atoms with Gasteiger partial charge in [0, 0.05) is 6.08 Å². The number of hydrogen-bond donors (Lipinski definition) is 1. The van der Waals surface area contributed by atoms with E-state index in [1.54, 1.807) is 6.92 Å². The minimum Gasteiger partial charge on any atom is -0.461 e. The van der Waals surface area contributed by atoms with Crippen LogP contribution in [0.25, 0.3) is 0 Å². The molecule has 2 N–H and O–H groups in total. The van der Waals surface area contributed by atoms with Crippen LogP contribution in [-0.4, -0.2) is 18.4 Å². The van der Waals surface area contributed by atoms with Crippen LogP contribution in [-0.2, 0) is 14.3 Å². The Labute approximate surface area is 65.0 Å². The van der Waals surface area contributed by atoms with E-state index < -0.39 is 5.97 Å². The van der Waals surface area contributed by atoms with Crippen LogP contribution in [0.2, 0.25) is 0 Å². The fourth-order valence-corrected chi connectivity index (χ4v) is 0.492. The third-order valence-electron chi connectivity index (χ3n) is 0.870. The van der Waals surface area contributed by atoms with Gasteiger partial charge in [0.15, 0.2) is 5.78 Å². The molecule has 0 bridgehead atoms. The molecule has 0 spiro atoms. The van der Waals surface area contributed by atoms with Gasteiger partial charge in [-0.15, -0.1) is 0 Å². The maximum atomic E-state index is 10.7. The Morgan fingerprint density at radius 2 is 2.09 bits per heavy atom. The third-order valence-corrected chi connectivity index (χ3v) is 0.870. The minimum atomic E-state index is -0.650. The van der Waals surface area contributed by atoms with Gasteiger partial charge in [-0.1, -0.05) is 0 Å². The largest absolute Gasteiger partial charge is 0.461 e. The molecular formula is C7H11NO3. The van der Waals surface area contributed by atoms with E-state index in [9.17, 15) is 9.59 Å². The first-order chi connectivity index (χ1) is 5.07. The molecule has 4 nitrogen and oxygen atoms in total. The van der Waals surface area contributed by atoms with E-state index >= 15 is 0 Å². The van der Waals surface area contributed by atoms with Crippen molar-refractivity contribution in [3.05, 3.63) is 11.8 Å². The summed E-state index contributed by atoms with van der Waals surface area (Å²) in [7, 11) is 0. The van der Waals surface area contributed by atoms with Crippen LogP contribution in [0.3, 0.4) is 0 Å². The second kappa shape index (κ2) is 4.49. The Balaban J connectivity index is 4.12. The van der Waals surface area contributed by atoms with Crippen LogP contribution < -0.4 is 5.73 Å². The van der Waals surface area contributed by atoms with Gasteiger partial charge >= 0.3 is 5.97 Å². The molecule has 0 amide bonds. The van der Waals surface area contributed by atoms with Crippen LogP contribution in [0.5, 0.6) is 0 Å². The topological polar surface area (TPSA) is 69.4 Å². The van der Waals surface area contributed by atoms with E-state index in [4.69, 9.17) is 5.73 Å². The summed E-state index contributed by atoms with van der Waals surface area (Å²) >= 11 is 0. The predicted molar refractivity (Wildman–Crippen MR) is 39.6 cm³/mol. The first-order valence-electron chi connectivity index (χ1n) is 3.22. The molecule has 0 atom stereocenters. The van der Waals surface area contributed by atoms with Crippen molar-refractivity contribution in [3.63, 3.8) is 0 Å². The summed E-state index contributed by atoms with van der Waals surface area (Å²) in [6.07, 6.45) is 1.04. The van der Waals surface area contributed by atoms with E-state index in [0.29, 0.717) is 0 Å². The lowest BCUT2D eigenvalue weighted by Gasteiger charge is -1.99. The van der Waals surface area contributed by atoms with Gasteiger partial charge < -0.3 is 10.5 Å². The Morgan fingerprint density at radius 1 is 1.55 bits per heavy atom. The van der Waals surface area contributed by atoms with Crippen molar-refractivity contribution in [2.45, 2.75) is 13.8 Å². The Kier molecular flexibility index (Phi) is 3.95. The number of carbonyl (C=O) groups is 2. The molecule has 0 rings (SSSR count). The molecule has 0 heterocycles. The highest BCUT2D eigenvalue weighted by atomic mass is 16.5. The SMILES string of the molecule is CCOC(=O)C(N)=CC(C)=O. The fraction of sp³-hybridized carbons (Fsp3) is 0.429. The number of ketones is 1.